The Hall–Kier alpha value is -2.82. The molecule has 0 saturated carbocycles. The molecule has 0 saturated heterocycles. The minimum absolute atomic E-state index is 0.0236. The van der Waals surface area contributed by atoms with E-state index in [0.717, 1.165) is 6.20 Å². The van der Waals surface area contributed by atoms with Crippen LogP contribution in [0.4, 0.5) is 17.6 Å². The highest BCUT2D eigenvalue weighted by Crippen LogP contribution is 2.27. The molecule has 0 N–H and O–H groups in total. The smallest absolute Gasteiger partial charge is 0.261 e. The molecule has 0 bridgehead atoms. The lowest BCUT2D eigenvalue weighted by Gasteiger charge is -2.14. The van der Waals surface area contributed by atoms with Crippen molar-refractivity contribution in [2.75, 3.05) is 0 Å². The van der Waals surface area contributed by atoms with Crippen molar-refractivity contribution in [2.45, 2.75) is 30.2 Å². The van der Waals surface area contributed by atoms with Crippen molar-refractivity contribution in [2.24, 2.45) is 4.36 Å². The number of carbonyl (C=O) groups is 1. The molecule has 0 radical (unpaired) electrons. The SMILES string of the molecule is CC(C)S(=O)(=NC(=O)C(F)(F)F)c1ccc2nn(-c3cncc(F)c3)cc2c1. The first-order chi connectivity index (χ1) is 13.0. The van der Waals surface area contributed by atoms with Gasteiger partial charge in [0.25, 0.3) is 0 Å². The van der Waals surface area contributed by atoms with E-state index in [0.29, 0.717) is 16.6 Å². The Morgan fingerprint density at radius 1 is 1.21 bits per heavy atom. The summed E-state index contributed by atoms with van der Waals surface area (Å²) in [4.78, 5) is 15.0. The summed E-state index contributed by atoms with van der Waals surface area (Å²) in [7, 11) is -3.67. The molecule has 3 aromatic rings. The van der Waals surface area contributed by atoms with Gasteiger partial charge < -0.3 is 0 Å². The molecule has 0 aliphatic heterocycles. The van der Waals surface area contributed by atoms with E-state index in [2.05, 4.69) is 14.4 Å². The minimum Gasteiger partial charge on any atom is -0.261 e. The number of pyridine rings is 1. The van der Waals surface area contributed by atoms with Gasteiger partial charge in [0.1, 0.15) is 5.82 Å². The molecule has 2 heterocycles. The van der Waals surface area contributed by atoms with Gasteiger partial charge in [0, 0.05) is 27.8 Å². The lowest BCUT2D eigenvalue weighted by molar-refractivity contribution is -0.169. The van der Waals surface area contributed by atoms with Crippen molar-refractivity contribution < 1.29 is 26.6 Å². The summed E-state index contributed by atoms with van der Waals surface area (Å²) >= 11 is 0. The lowest BCUT2D eigenvalue weighted by atomic mass is 10.3. The first-order valence-electron chi connectivity index (χ1n) is 7.98. The lowest BCUT2D eigenvalue weighted by Crippen LogP contribution is -2.24. The zero-order valence-corrected chi connectivity index (χ0v) is 15.5. The highest BCUT2D eigenvalue weighted by Gasteiger charge is 2.40. The number of benzene rings is 1. The van der Waals surface area contributed by atoms with Crippen molar-refractivity contribution in [3.05, 3.63) is 48.7 Å². The second-order valence-corrected chi connectivity index (χ2v) is 8.90. The van der Waals surface area contributed by atoms with E-state index in [4.69, 9.17) is 0 Å². The Morgan fingerprint density at radius 2 is 1.93 bits per heavy atom. The van der Waals surface area contributed by atoms with Crippen molar-refractivity contribution in [1.29, 1.82) is 0 Å². The number of nitrogens with zero attached hydrogens (tertiary/aromatic N) is 4. The van der Waals surface area contributed by atoms with Gasteiger partial charge in [-0.1, -0.05) is 0 Å². The molecule has 0 spiro atoms. The summed E-state index contributed by atoms with van der Waals surface area (Å²) in [6.07, 6.45) is -1.32. The third kappa shape index (κ3) is 3.75. The van der Waals surface area contributed by atoms with Gasteiger partial charge >= 0.3 is 12.1 Å². The number of halogens is 4. The van der Waals surface area contributed by atoms with Gasteiger partial charge in [0.15, 0.2) is 0 Å². The second kappa shape index (κ2) is 6.97. The zero-order chi connectivity index (χ0) is 20.7. The van der Waals surface area contributed by atoms with Gasteiger partial charge in [0.2, 0.25) is 0 Å². The summed E-state index contributed by atoms with van der Waals surface area (Å²) in [5, 5.41) is 3.82. The molecule has 2 aromatic heterocycles. The van der Waals surface area contributed by atoms with E-state index in [1.807, 2.05) is 0 Å². The Labute approximate surface area is 157 Å². The predicted molar refractivity (Wildman–Crippen MR) is 93.9 cm³/mol. The molecular weight excluding hydrogens is 400 g/mol. The first kappa shape index (κ1) is 19.9. The third-order valence-electron chi connectivity index (χ3n) is 3.87. The molecule has 1 unspecified atom stereocenters. The van der Waals surface area contributed by atoms with E-state index in [1.54, 1.807) is 0 Å². The number of aromatic nitrogens is 3. The number of carbonyl (C=O) groups excluding carboxylic acids is 1. The highest BCUT2D eigenvalue weighted by atomic mass is 32.2. The van der Waals surface area contributed by atoms with Crippen LogP contribution in [0.25, 0.3) is 16.6 Å². The summed E-state index contributed by atoms with van der Waals surface area (Å²) in [6, 6.07) is 5.33. The van der Waals surface area contributed by atoms with Gasteiger partial charge in [-0.25, -0.2) is 13.3 Å². The van der Waals surface area contributed by atoms with Gasteiger partial charge in [-0.05, 0) is 32.0 Å². The number of hydrogen-bond acceptors (Lipinski definition) is 4. The van der Waals surface area contributed by atoms with Gasteiger partial charge in [-0.3, -0.25) is 9.78 Å². The largest absolute Gasteiger partial charge is 0.474 e. The number of rotatable bonds is 3. The van der Waals surface area contributed by atoms with Crippen molar-refractivity contribution >= 4 is 26.5 Å². The molecule has 0 aliphatic rings. The van der Waals surface area contributed by atoms with Crippen LogP contribution in [0.1, 0.15) is 13.8 Å². The summed E-state index contributed by atoms with van der Waals surface area (Å²) < 4.78 is 68.7. The number of alkyl halides is 3. The second-order valence-electron chi connectivity index (χ2n) is 6.17. The zero-order valence-electron chi connectivity index (χ0n) is 14.6. The van der Waals surface area contributed by atoms with Crippen LogP contribution in [0.3, 0.4) is 0 Å². The average molecular weight is 414 g/mol. The number of hydrogen-bond donors (Lipinski definition) is 0. The van der Waals surface area contributed by atoms with Gasteiger partial charge in [0.05, 0.1) is 33.3 Å². The molecule has 3 rings (SSSR count). The quantitative estimate of drug-likeness (QED) is 0.610. The molecule has 0 aliphatic carbocycles. The normalized spacial score (nSPS) is 14.2. The Balaban J connectivity index is 2.13. The molecule has 1 atom stereocenters. The van der Waals surface area contributed by atoms with Crippen LogP contribution in [0.5, 0.6) is 0 Å². The molecule has 11 heteroatoms. The molecule has 28 heavy (non-hydrogen) atoms. The van der Waals surface area contributed by atoms with Crippen LogP contribution >= 0.6 is 0 Å². The molecular formula is C17H14F4N4O2S. The first-order valence-corrected chi connectivity index (χ1v) is 9.56. The van der Waals surface area contributed by atoms with Crippen LogP contribution in [0, 0.1) is 5.82 Å². The Kier molecular flexibility index (Phi) is 4.96. The maximum absolute atomic E-state index is 13.4. The van der Waals surface area contributed by atoms with Crippen LogP contribution < -0.4 is 0 Å². The van der Waals surface area contributed by atoms with E-state index < -0.39 is 32.9 Å². The fourth-order valence-corrected chi connectivity index (χ4v) is 4.22. The van der Waals surface area contributed by atoms with E-state index >= 15 is 0 Å². The third-order valence-corrected chi connectivity index (χ3v) is 6.51. The number of fused-ring (bicyclic) bond motifs is 1. The van der Waals surface area contributed by atoms with Gasteiger partial charge in [-0.2, -0.15) is 18.3 Å². The Morgan fingerprint density at radius 3 is 2.54 bits per heavy atom. The number of amides is 1. The average Bonchev–Trinajstić information content (AvgIpc) is 3.03. The van der Waals surface area contributed by atoms with E-state index in [1.165, 1.54) is 55.2 Å². The van der Waals surface area contributed by atoms with Crippen molar-refractivity contribution in [1.82, 2.24) is 14.8 Å². The van der Waals surface area contributed by atoms with Gasteiger partial charge in [-0.15, -0.1) is 4.36 Å². The fraction of sp³-hybridized carbons (Fsp3) is 0.235. The van der Waals surface area contributed by atoms with Crippen molar-refractivity contribution in [3.63, 3.8) is 0 Å². The monoisotopic (exact) mass is 414 g/mol. The van der Waals surface area contributed by atoms with Crippen LogP contribution in [-0.4, -0.2) is 36.3 Å². The standard InChI is InChI=1S/C17H14F4N4O2S/c1-10(2)28(27,24-16(26)17(19,20)21)14-3-4-15-11(5-14)9-25(23-15)13-6-12(18)7-22-8-13/h3-10H,1-2H3. The molecule has 6 nitrogen and oxygen atoms in total. The highest BCUT2D eigenvalue weighted by molar-refractivity contribution is 7.94. The molecule has 148 valence electrons. The maximum Gasteiger partial charge on any atom is 0.474 e. The molecule has 0 fully saturated rings. The van der Waals surface area contributed by atoms with Crippen LogP contribution in [-0.2, 0) is 14.5 Å². The summed E-state index contributed by atoms with van der Waals surface area (Å²) in [6.45, 7) is 2.84. The Bertz CT molecular complexity index is 1180. The minimum atomic E-state index is -5.21. The van der Waals surface area contributed by atoms with Crippen LogP contribution in [0.15, 0.2) is 52.1 Å². The van der Waals surface area contributed by atoms with Crippen molar-refractivity contribution in [3.8, 4) is 5.69 Å². The topological polar surface area (TPSA) is 77.2 Å². The van der Waals surface area contributed by atoms with E-state index in [-0.39, 0.29) is 4.90 Å². The summed E-state index contributed by atoms with van der Waals surface area (Å²) in [5.41, 5.74) is 0.764. The molecule has 1 amide bonds. The maximum atomic E-state index is 13.4. The van der Waals surface area contributed by atoms with Crippen LogP contribution in [0.2, 0.25) is 0 Å². The summed E-state index contributed by atoms with van der Waals surface area (Å²) in [5.74, 6) is -2.96. The van der Waals surface area contributed by atoms with E-state index in [9.17, 15) is 26.6 Å². The molecule has 1 aromatic carbocycles. The fourth-order valence-electron chi connectivity index (χ4n) is 2.45. The predicted octanol–water partition coefficient (Wildman–Crippen LogP) is 3.88.